The number of aromatic nitrogens is 1. The number of halogens is 2. The molecule has 0 spiro atoms. The molecule has 1 aromatic rings. The molecular formula is C26H31ClFN5O2. The van der Waals surface area contributed by atoms with Crippen LogP contribution < -0.4 is 5.32 Å². The maximum atomic E-state index is 13.6. The highest BCUT2D eigenvalue weighted by molar-refractivity contribution is 6.29. The lowest BCUT2D eigenvalue weighted by atomic mass is 9.83. The van der Waals surface area contributed by atoms with E-state index in [2.05, 4.69) is 10.3 Å². The Morgan fingerprint density at radius 2 is 1.97 bits per heavy atom. The van der Waals surface area contributed by atoms with E-state index >= 15 is 0 Å². The van der Waals surface area contributed by atoms with Crippen LogP contribution >= 0.6 is 11.6 Å². The molecule has 1 N–H and O–H groups in total. The lowest BCUT2D eigenvalue weighted by Gasteiger charge is -2.36. The van der Waals surface area contributed by atoms with Gasteiger partial charge in [-0.3, -0.25) is 4.90 Å². The van der Waals surface area contributed by atoms with E-state index in [-0.39, 0.29) is 17.9 Å². The molecule has 2 aliphatic carbocycles. The Morgan fingerprint density at radius 3 is 2.69 bits per heavy atom. The third kappa shape index (κ3) is 4.94. The van der Waals surface area contributed by atoms with E-state index < -0.39 is 17.6 Å². The first-order valence-electron chi connectivity index (χ1n) is 12.2. The lowest BCUT2D eigenvalue weighted by molar-refractivity contribution is -0.158. The number of ether oxygens (including phenoxy) is 1. The van der Waals surface area contributed by atoms with Gasteiger partial charge in [0, 0.05) is 28.5 Å². The highest BCUT2D eigenvalue weighted by Gasteiger charge is 2.43. The molecule has 0 aromatic carbocycles. The molecule has 5 rings (SSSR count). The number of nitrogens with one attached hydrogen (secondary N) is 1. The fraction of sp³-hybridized carbons (Fsp3) is 0.500. The molecule has 0 saturated heterocycles. The van der Waals surface area contributed by atoms with Gasteiger partial charge in [-0.25, -0.2) is 14.8 Å². The van der Waals surface area contributed by atoms with Gasteiger partial charge in [0.15, 0.2) is 6.04 Å². The first kappa shape index (κ1) is 23.9. The van der Waals surface area contributed by atoms with Gasteiger partial charge in [-0.05, 0) is 83.1 Å². The molecule has 2 aliphatic heterocycles. The van der Waals surface area contributed by atoms with E-state index in [4.69, 9.17) is 21.4 Å². The van der Waals surface area contributed by atoms with Gasteiger partial charge in [-0.15, -0.1) is 0 Å². The number of carbonyl (C=O) groups excluding carboxylic acids is 1. The second kappa shape index (κ2) is 9.30. The number of fused-ring (bicyclic) bond motifs is 1. The molecule has 1 unspecified atom stereocenters. The molecule has 1 fully saturated rings. The van der Waals surface area contributed by atoms with Gasteiger partial charge in [0.2, 0.25) is 5.95 Å². The fourth-order valence-corrected chi connectivity index (χ4v) is 5.49. The van der Waals surface area contributed by atoms with Crippen LogP contribution in [0.5, 0.6) is 0 Å². The maximum Gasteiger partial charge on any atom is 0.334 e. The first-order valence-corrected chi connectivity index (χ1v) is 12.6. The monoisotopic (exact) mass is 499 g/mol. The minimum Gasteiger partial charge on any atom is -0.458 e. The number of allylic oxidation sites excluding steroid dienone is 2. The molecule has 0 radical (unpaired) electrons. The van der Waals surface area contributed by atoms with Crippen LogP contribution in [0.15, 0.2) is 57.7 Å². The highest BCUT2D eigenvalue weighted by atomic mass is 35.5. The summed E-state index contributed by atoms with van der Waals surface area (Å²) in [6.45, 7) is 5.62. The van der Waals surface area contributed by atoms with E-state index in [1.807, 2.05) is 49.0 Å². The number of rotatable bonds is 3. The van der Waals surface area contributed by atoms with Gasteiger partial charge in [-0.2, -0.15) is 9.49 Å². The van der Waals surface area contributed by atoms with Crippen molar-refractivity contribution in [2.24, 2.45) is 5.10 Å². The van der Waals surface area contributed by atoms with Crippen molar-refractivity contribution in [1.82, 2.24) is 20.2 Å². The molecule has 186 valence electrons. The Balaban J connectivity index is 1.37. The van der Waals surface area contributed by atoms with E-state index in [0.29, 0.717) is 12.8 Å². The van der Waals surface area contributed by atoms with Crippen molar-refractivity contribution in [1.29, 1.82) is 0 Å². The zero-order valence-corrected chi connectivity index (χ0v) is 21.1. The summed E-state index contributed by atoms with van der Waals surface area (Å²) in [5.74, 6) is 0.312. The highest BCUT2D eigenvalue weighted by Crippen LogP contribution is 2.40. The van der Waals surface area contributed by atoms with Crippen LogP contribution in [0.1, 0.15) is 70.9 Å². The van der Waals surface area contributed by atoms with Crippen molar-refractivity contribution in [3.8, 4) is 0 Å². The summed E-state index contributed by atoms with van der Waals surface area (Å²) >= 11 is 6.34. The predicted octanol–water partition coefficient (Wildman–Crippen LogP) is 5.09. The summed E-state index contributed by atoms with van der Waals surface area (Å²) in [4.78, 5) is 19.4. The van der Waals surface area contributed by atoms with E-state index in [1.165, 1.54) is 6.07 Å². The molecule has 3 heterocycles. The lowest BCUT2D eigenvalue weighted by Crippen LogP contribution is -2.45. The summed E-state index contributed by atoms with van der Waals surface area (Å²) in [5.41, 5.74) is 2.00. The van der Waals surface area contributed by atoms with Crippen molar-refractivity contribution >= 4 is 23.9 Å². The number of nitrogens with zero attached hydrogens (tertiary/aromatic N) is 4. The summed E-state index contributed by atoms with van der Waals surface area (Å²) in [7, 11) is 0. The Bertz CT molecular complexity index is 1130. The van der Waals surface area contributed by atoms with Crippen molar-refractivity contribution < 1.29 is 13.9 Å². The van der Waals surface area contributed by atoms with E-state index in [9.17, 15) is 9.18 Å². The first-order chi connectivity index (χ1) is 16.7. The molecule has 4 aliphatic rings. The minimum atomic E-state index is -0.618. The minimum absolute atomic E-state index is 0.169. The van der Waals surface area contributed by atoms with Gasteiger partial charge >= 0.3 is 5.97 Å². The number of pyridine rings is 1. The third-order valence-corrected chi connectivity index (χ3v) is 7.17. The second-order valence-electron chi connectivity index (χ2n) is 10.5. The Hall–Kier alpha value is -2.87. The number of hydrogen-bond acceptors (Lipinski definition) is 7. The molecule has 0 bridgehead atoms. The van der Waals surface area contributed by atoms with Crippen LogP contribution in [-0.2, 0) is 9.53 Å². The normalized spacial score (nSPS) is 26.4. The van der Waals surface area contributed by atoms with Crippen molar-refractivity contribution in [2.45, 2.75) is 82.9 Å². The number of esters is 1. The number of carbonyl (C=O) groups is 1. The summed E-state index contributed by atoms with van der Waals surface area (Å²) in [5, 5.41) is 10.9. The summed E-state index contributed by atoms with van der Waals surface area (Å²) in [6.07, 6.45) is 10.5. The van der Waals surface area contributed by atoms with Crippen LogP contribution in [0.4, 0.5) is 4.39 Å². The second-order valence-corrected chi connectivity index (χ2v) is 11.0. The molecule has 1 saturated carbocycles. The molecule has 0 amide bonds. The number of hydrogen-bond donors (Lipinski definition) is 1. The largest absolute Gasteiger partial charge is 0.458 e. The molecule has 1 aromatic heterocycles. The van der Waals surface area contributed by atoms with Crippen molar-refractivity contribution in [3.05, 3.63) is 64.2 Å². The van der Waals surface area contributed by atoms with Gasteiger partial charge in [-0.1, -0.05) is 17.7 Å². The summed E-state index contributed by atoms with van der Waals surface area (Å²) in [6, 6.07) is 4.56. The topological polar surface area (TPSA) is 70.1 Å². The number of hydrazone groups is 1. The molecule has 7 nitrogen and oxygen atoms in total. The van der Waals surface area contributed by atoms with Gasteiger partial charge < -0.3 is 10.1 Å². The Labute approximate surface area is 210 Å². The van der Waals surface area contributed by atoms with Crippen LogP contribution in [0.3, 0.4) is 0 Å². The van der Waals surface area contributed by atoms with Crippen LogP contribution in [-0.4, -0.2) is 44.9 Å². The molecule has 35 heavy (non-hydrogen) atoms. The van der Waals surface area contributed by atoms with Gasteiger partial charge in [0.05, 0.1) is 6.04 Å². The Kier molecular flexibility index (Phi) is 6.34. The SMILES string of the molecule is CC(C)(C)OC(=O)C1C2=C(C=C(Cl)CC2)NC=C2N1C=NN2C1CCC(c2cccc(F)n2)CC1. The summed E-state index contributed by atoms with van der Waals surface area (Å²) < 4.78 is 19.4. The third-order valence-electron chi connectivity index (χ3n) is 6.87. The predicted molar refractivity (Wildman–Crippen MR) is 132 cm³/mol. The molecule has 1 atom stereocenters. The smallest absolute Gasteiger partial charge is 0.334 e. The maximum absolute atomic E-state index is 13.6. The average molecular weight is 500 g/mol. The average Bonchev–Trinajstić information content (AvgIpc) is 3.14. The molecule has 9 heteroatoms. The van der Waals surface area contributed by atoms with Crippen molar-refractivity contribution in [2.75, 3.05) is 0 Å². The van der Waals surface area contributed by atoms with E-state index in [0.717, 1.165) is 53.5 Å². The van der Waals surface area contributed by atoms with Crippen molar-refractivity contribution in [3.63, 3.8) is 0 Å². The standard InChI is InChI=1S/C26H31ClFN5O2/c1-26(2,3)35-25(34)24-19-12-9-17(27)13-21(19)29-14-23-32(24)15-30-33(23)18-10-7-16(8-11-18)20-5-4-6-22(28)31-20/h4-6,13-16,18,24,29H,7-12H2,1-3H3. The zero-order valence-electron chi connectivity index (χ0n) is 20.3. The fourth-order valence-electron chi connectivity index (χ4n) is 5.29. The Morgan fingerprint density at radius 1 is 1.20 bits per heavy atom. The zero-order chi connectivity index (χ0) is 24.7. The molecular weight excluding hydrogens is 469 g/mol. The van der Waals surface area contributed by atoms with Crippen LogP contribution in [0, 0.1) is 5.95 Å². The quantitative estimate of drug-likeness (QED) is 0.461. The van der Waals surface area contributed by atoms with Gasteiger partial charge in [0.1, 0.15) is 17.8 Å². The van der Waals surface area contributed by atoms with Crippen LogP contribution in [0.25, 0.3) is 0 Å². The van der Waals surface area contributed by atoms with E-state index in [1.54, 1.807) is 12.4 Å². The van der Waals surface area contributed by atoms with Gasteiger partial charge in [0.25, 0.3) is 0 Å². The van der Waals surface area contributed by atoms with Crippen LogP contribution in [0.2, 0.25) is 0 Å².